The van der Waals surface area contributed by atoms with E-state index in [9.17, 15) is 14.4 Å². The Morgan fingerprint density at radius 3 is 2.93 bits per heavy atom. The molecular formula is C21H21N5O3. The molecule has 3 aliphatic heterocycles. The van der Waals surface area contributed by atoms with Crippen LogP contribution < -0.4 is 16.0 Å². The standard InChI is InChI=1S/C21H21N5O3/c27-19-4-3-18(20(28)25-19)26-11-13-7-12(1-2-14(13)21(26)29)8-24-16-5-6-23-17-10-22-9-15(16)17/h1-2,5-7,18,22H,3-4,8-11H2,(H,23,24)(H,25,27,28). The van der Waals surface area contributed by atoms with Gasteiger partial charge < -0.3 is 15.5 Å². The van der Waals surface area contributed by atoms with Gasteiger partial charge >= 0.3 is 0 Å². The Balaban J connectivity index is 1.31. The van der Waals surface area contributed by atoms with Gasteiger partial charge in [0.05, 0.1) is 5.69 Å². The van der Waals surface area contributed by atoms with E-state index >= 15 is 0 Å². The number of carbonyl (C=O) groups excluding carboxylic acids is 3. The summed E-state index contributed by atoms with van der Waals surface area (Å²) in [5, 5.41) is 9.11. The molecule has 29 heavy (non-hydrogen) atoms. The highest BCUT2D eigenvalue weighted by molar-refractivity contribution is 6.05. The summed E-state index contributed by atoms with van der Waals surface area (Å²) in [7, 11) is 0. The molecule has 3 aliphatic rings. The maximum Gasteiger partial charge on any atom is 0.255 e. The number of rotatable bonds is 4. The zero-order chi connectivity index (χ0) is 20.0. The monoisotopic (exact) mass is 391 g/mol. The molecule has 1 saturated heterocycles. The summed E-state index contributed by atoms with van der Waals surface area (Å²) in [6.45, 7) is 2.63. The lowest BCUT2D eigenvalue weighted by Crippen LogP contribution is -2.52. The van der Waals surface area contributed by atoms with Crippen LogP contribution in [0.3, 0.4) is 0 Å². The van der Waals surface area contributed by atoms with Crippen molar-refractivity contribution in [2.45, 2.75) is 45.1 Å². The SMILES string of the molecule is O=C1CCC(N2Cc3cc(CNc4ccnc5c4CNC5)ccc3C2=O)C(=O)N1. The second-order valence-corrected chi connectivity index (χ2v) is 7.63. The van der Waals surface area contributed by atoms with Crippen molar-refractivity contribution in [2.75, 3.05) is 5.32 Å². The van der Waals surface area contributed by atoms with Gasteiger partial charge in [0.15, 0.2) is 0 Å². The number of fused-ring (bicyclic) bond motifs is 2. The number of piperidine rings is 1. The van der Waals surface area contributed by atoms with Crippen molar-refractivity contribution in [3.05, 3.63) is 58.4 Å². The minimum atomic E-state index is -0.582. The molecule has 1 atom stereocenters. The Morgan fingerprint density at radius 1 is 1.17 bits per heavy atom. The van der Waals surface area contributed by atoms with Crippen LogP contribution in [0.2, 0.25) is 0 Å². The molecule has 1 fully saturated rings. The summed E-state index contributed by atoms with van der Waals surface area (Å²) in [4.78, 5) is 42.3. The van der Waals surface area contributed by atoms with Crippen LogP contribution in [0.1, 0.15) is 45.6 Å². The first-order chi connectivity index (χ1) is 14.1. The van der Waals surface area contributed by atoms with Crippen LogP contribution in [0.25, 0.3) is 0 Å². The minimum Gasteiger partial charge on any atom is -0.381 e. The number of nitrogens with one attached hydrogen (secondary N) is 3. The second kappa shape index (κ2) is 6.97. The van der Waals surface area contributed by atoms with Gasteiger partial charge in [-0.1, -0.05) is 12.1 Å². The van der Waals surface area contributed by atoms with Gasteiger partial charge in [-0.15, -0.1) is 0 Å². The van der Waals surface area contributed by atoms with Gasteiger partial charge in [0, 0.05) is 55.6 Å². The third-order valence-corrected chi connectivity index (χ3v) is 5.81. The Labute approximate surface area is 167 Å². The molecule has 1 unspecified atom stereocenters. The molecule has 1 aromatic carbocycles. The average molecular weight is 391 g/mol. The predicted octanol–water partition coefficient (Wildman–Crippen LogP) is 1.06. The highest BCUT2D eigenvalue weighted by Gasteiger charge is 2.39. The quantitative estimate of drug-likeness (QED) is 0.674. The average Bonchev–Trinajstić information content (AvgIpc) is 3.31. The molecule has 1 aromatic heterocycles. The van der Waals surface area contributed by atoms with Crippen molar-refractivity contribution in [3.8, 4) is 0 Å². The number of aromatic nitrogens is 1. The van der Waals surface area contributed by atoms with E-state index in [1.165, 1.54) is 5.56 Å². The van der Waals surface area contributed by atoms with Crippen LogP contribution in [0.4, 0.5) is 5.69 Å². The fourth-order valence-corrected chi connectivity index (χ4v) is 4.29. The Hall–Kier alpha value is -3.26. The normalized spacial score (nSPS) is 20.5. The molecule has 4 heterocycles. The third-order valence-electron chi connectivity index (χ3n) is 5.81. The fraction of sp³-hybridized carbons (Fsp3) is 0.333. The molecule has 0 spiro atoms. The molecule has 3 N–H and O–H groups in total. The lowest BCUT2D eigenvalue weighted by molar-refractivity contribution is -0.136. The van der Waals surface area contributed by atoms with E-state index in [1.54, 1.807) is 4.90 Å². The largest absolute Gasteiger partial charge is 0.381 e. The van der Waals surface area contributed by atoms with Crippen LogP contribution in [0, 0.1) is 0 Å². The smallest absolute Gasteiger partial charge is 0.255 e. The van der Waals surface area contributed by atoms with Crippen molar-refractivity contribution >= 4 is 23.4 Å². The molecule has 8 nitrogen and oxygen atoms in total. The number of nitrogens with zero attached hydrogens (tertiary/aromatic N) is 2. The number of amides is 3. The number of benzene rings is 1. The molecule has 3 amide bonds. The summed E-state index contributed by atoms with van der Waals surface area (Å²) >= 11 is 0. The van der Waals surface area contributed by atoms with Crippen LogP contribution in [-0.2, 0) is 35.8 Å². The zero-order valence-corrected chi connectivity index (χ0v) is 15.8. The van der Waals surface area contributed by atoms with E-state index in [-0.39, 0.29) is 24.1 Å². The Bertz CT molecular complexity index is 1030. The molecule has 0 aliphatic carbocycles. The number of hydrogen-bond acceptors (Lipinski definition) is 6. The highest BCUT2D eigenvalue weighted by Crippen LogP contribution is 2.29. The van der Waals surface area contributed by atoms with Crippen molar-refractivity contribution in [1.29, 1.82) is 0 Å². The molecule has 0 saturated carbocycles. The number of imide groups is 1. The van der Waals surface area contributed by atoms with Crippen molar-refractivity contribution in [3.63, 3.8) is 0 Å². The maximum atomic E-state index is 12.8. The summed E-state index contributed by atoms with van der Waals surface area (Å²) in [5.41, 5.74) is 5.97. The van der Waals surface area contributed by atoms with E-state index < -0.39 is 6.04 Å². The lowest BCUT2D eigenvalue weighted by Gasteiger charge is -2.29. The minimum absolute atomic E-state index is 0.146. The Morgan fingerprint density at radius 2 is 2.07 bits per heavy atom. The predicted molar refractivity (Wildman–Crippen MR) is 105 cm³/mol. The van der Waals surface area contributed by atoms with Gasteiger partial charge in [-0.05, 0) is 29.7 Å². The van der Waals surface area contributed by atoms with E-state index in [0.717, 1.165) is 35.6 Å². The number of anilines is 1. The first-order valence-corrected chi connectivity index (χ1v) is 9.78. The topological polar surface area (TPSA) is 103 Å². The molecule has 2 aromatic rings. The van der Waals surface area contributed by atoms with Gasteiger partial charge in [-0.2, -0.15) is 0 Å². The molecule has 8 heteroatoms. The first kappa shape index (κ1) is 17.8. The zero-order valence-electron chi connectivity index (χ0n) is 15.8. The van der Waals surface area contributed by atoms with Gasteiger partial charge in [0.1, 0.15) is 6.04 Å². The molecule has 5 rings (SSSR count). The van der Waals surface area contributed by atoms with Crippen molar-refractivity contribution in [1.82, 2.24) is 20.5 Å². The van der Waals surface area contributed by atoms with Crippen LogP contribution in [-0.4, -0.2) is 33.6 Å². The van der Waals surface area contributed by atoms with Crippen LogP contribution in [0.5, 0.6) is 0 Å². The number of carbonyl (C=O) groups is 3. The van der Waals surface area contributed by atoms with Crippen molar-refractivity contribution < 1.29 is 14.4 Å². The second-order valence-electron chi connectivity index (χ2n) is 7.63. The van der Waals surface area contributed by atoms with Crippen LogP contribution in [0.15, 0.2) is 30.5 Å². The summed E-state index contributed by atoms with van der Waals surface area (Å²) in [6, 6.07) is 7.19. The van der Waals surface area contributed by atoms with Gasteiger partial charge in [-0.25, -0.2) is 0 Å². The number of pyridine rings is 1. The molecular weight excluding hydrogens is 370 g/mol. The first-order valence-electron chi connectivity index (χ1n) is 9.78. The van der Waals surface area contributed by atoms with E-state index in [1.807, 2.05) is 30.5 Å². The molecule has 0 bridgehead atoms. The van der Waals surface area contributed by atoms with Gasteiger partial charge in [0.25, 0.3) is 5.91 Å². The van der Waals surface area contributed by atoms with Gasteiger partial charge in [0.2, 0.25) is 11.8 Å². The highest BCUT2D eigenvalue weighted by atomic mass is 16.2. The fourth-order valence-electron chi connectivity index (χ4n) is 4.29. The lowest BCUT2D eigenvalue weighted by atomic mass is 10.0. The third kappa shape index (κ3) is 3.15. The Kier molecular flexibility index (Phi) is 4.28. The maximum absolute atomic E-state index is 12.8. The van der Waals surface area contributed by atoms with Gasteiger partial charge in [-0.3, -0.25) is 24.7 Å². The summed E-state index contributed by atoms with van der Waals surface area (Å²) in [6.07, 6.45) is 2.45. The van der Waals surface area contributed by atoms with Crippen molar-refractivity contribution in [2.24, 2.45) is 0 Å². The molecule has 148 valence electrons. The molecule has 0 radical (unpaired) electrons. The number of hydrogen-bond donors (Lipinski definition) is 3. The van der Waals surface area contributed by atoms with E-state index in [4.69, 9.17) is 0 Å². The van der Waals surface area contributed by atoms with E-state index in [2.05, 4.69) is 20.9 Å². The van der Waals surface area contributed by atoms with Crippen LogP contribution >= 0.6 is 0 Å². The van der Waals surface area contributed by atoms with E-state index in [0.29, 0.717) is 25.1 Å². The summed E-state index contributed by atoms with van der Waals surface area (Å²) in [5.74, 6) is -0.807. The summed E-state index contributed by atoms with van der Waals surface area (Å²) < 4.78 is 0.